The molecule has 1 amide bonds. The lowest BCUT2D eigenvalue weighted by Gasteiger charge is -2.09. The summed E-state index contributed by atoms with van der Waals surface area (Å²) in [5.41, 5.74) is 2.80. The highest BCUT2D eigenvalue weighted by Gasteiger charge is 2.09. The zero-order valence-corrected chi connectivity index (χ0v) is 12.5. The van der Waals surface area contributed by atoms with Crippen molar-refractivity contribution in [2.24, 2.45) is 0 Å². The van der Waals surface area contributed by atoms with E-state index in [2.05, 4.69) is 20.5 Å². The first-order valence-electron chi connectivity index (χ1n) is 7.13. The van der Waals surface area contributed by atoms with E-state index < -0.39 is 0 Å². The summed E-state index contributed by atoms with van der Waals surface area (Å²) in [5.74, 6) is -0.140. The van der Waals surface area contributed by atoms with Gasteiger partial charge in [0.05, 0.1) is 29.9 Å². The van der Waals surface area contributed by atoms with E-state index in [9.17, 15) is 4.79 Å². The van der Waals surface area contributed by atoms with Crippen molar-refractivity contribution < 1.29 is 9.53 Å². The molecule has 114 valence electrons. The summed E-state index contributed by atoms with van der Waals surface area (Å²) >= 11 is 0. The standard InChI is InChI=1S/C15H17N5O2/c1-10(2)22-6-5-16-15(21)11-3-4-12-13(7-11)20-9-18-19-14(20)8-17-12/h3-4,7-10H,5-6H2,1-2H3,(H,16,21). The first kappa shape index (κ1) is 14.4. The fourth-order valence-corrected chi connectivity index (χ4v) is 2.17. The Kier molecular flexibility index (Phi) is 3.97. The number of rotatable bonds is 5. The fourth-order valence-electron chi connectivity index (χ4n) is 2.17. The third-order valence-corrected chi connectivity index (χ3v) is 3.23. The maximum atomic E-state index is 12.2. The number of hydrogen-bond acceptors (Lipinski definition) is 5. The zero-order chi connectivity index (χ0) is 15.5. The number of hydrogen-bond donors (Lipinski definition) is 1. The van der Waals surface area contributed by atoms with E-state index in [1.165, 1.54) is 0 Å². The Morgan fingerprint density at radius 3 is 3.09 bits per heavy atom. The van der Waals surface area contributed by atoms with Crippen LogP contribution in [0, 0.1) is 0 Å². The Morgan fingerprint density at radius 2 is 2.27 bits per heavy atom. The number of amides is 1. The van der Waals surface area contributed by atoms with E-state index in [1.54, 1.807) is 29.1 Å². The van der Waals surface area contributed by atoms with Crippen LogP contribution in [0.5, 0.6) is 0 Å². The molecule has 2 heterocycles. The summed E-state index contributed by atoms with van der Waals surface area (Å²) in [6.45, 7) is 4.89. The Hall–Kier alpha value is -2.54. The summed E-state index contributed by atoms with van der Waals surface area (Å²) in [5, 5.41) is 10.6. The van der Waals surface area contributed by atoms with E-state index >= 15 is 0 Å². The molecular formula is C15H17N5O2. The average molecular weight is 299 g/mol. The largest absolute Gasteiger partial charge is 0.377 e. The van der Waals surface area contributed by atoms with Gasteiger partial charge in [-0.2, -0.15) is 0 Å². The van der Waals surface area contributed by atoms with E-state index in [-0.39, 0.29) is 12.0 Å². The molecule has 1 aromatic carbocycles. The van der Waals surface area contributed by atoms with Crippen LogP contribution >= 0.6 is 0 Å². The van der Waals surface area contributed by atoms with Crippen molar-refractivity contribution in [2.45, 2.75) is 20.0 Å². The molecule has 0 radical (unpaired) electrons. The third kappa shape index (κ3) is 2.89. The number of nitrogens with one attached hydrogen (secondary N) is 1. The molecule has 0 unspecified atom stereocenters. The Labute approximate surface area is 127 Å². The quantitative estimate of drug-likeness (QED) is 0.721. The van der Waals surface area contributed by atoms with Gasteiger partial charge in [-0.05, 0) is 32.0 Å². The predicted octanol–water partition coefficient (Wildman–Crippen LogP) is 1.43. The lowest BCUT2D eigenvalue weighted by Crippen LogP contribution is -2.28. The lowest BCUT2D eigenvalue weighted by molar-refractivity contribution is 0.0746. The first-order valence-corrected chi connectivity index (χ1v) is 7.13. The molecule has 7 nitrogen and oxygen atoms in total. The van der Waals surface area contributed by atoms with E-state index in [0.29, 0.717) is 24.4 Å². The van der Waals surface area contributed by atoms with Gasteiger partial charge in [0, 0.05) is 12.1 Å². The van der Waals surface area contributed by atoms with Gasteiger partial charge < -0.3 is 10.1 Å². The topological polar surface area (TPSA) is 81.4 Å². The molecular weight excluding hydrogens is 282 g/mol. The van der Waals surface area contributed by atoms with Gasteiger partial charge in [0.15, 0.2) is 5.65 Å². The average Bonchev–Trinajstić information content (AvgIpc) is 2.99. The van der Waals surface area contributed by atoms with Crippen LogP contribution in [0.3, 0.4) is 0 Å². The SMILES string of the molecule is CC(C)OCCNC(=O)c1ccc2ncc3nncn3c2c1. The monoisotopic (exact) mass is 299 g/mol. The van der Waals surface area contributed by atoms with Crippen LogP contribution < -0.4 is 5.32 Å². The molecule has 3 rings (SSSR count). The van der Waals surface area contributed by atoms with Crippen molar-refractivity contribution in [1.29, 1.82) is 0 Å². The molecule has 22 heavy (non-hydrogen) atoms. The molecule has 3 aromatic rings. The highest BCUT2D eigenvalue weighted by molar-refractivity contribution is 5.97. The molecule has 0 aliphatic rings. The zero-order valence-electron chi connectivity index (χ0n) is 12.5. The molecule has 0 spiro atoms. The van der Waals surface area contributed by atoms with E-state index in [4.69, 9.17) is 4.74 Å². The molecule has 0 bridgehead atoms. The van der Waals surface area contributed by atoms with Crippen LogP contribution in [0.15, 0.2) is 30.7 Å². The minimum Gasteiger partial charge on any atom is -0.377 e. The van der Waals surface area contributed by atoms with E-state index in [1.807, 2.05) is 19.9 Å². The number of nitrogens with zero attached hydrogens (tertiary/aromatic N) is 4. The Morgan fingerprint density at radius 1 is 1.41 bits per heavy atom. The predicted molar refractivity (Wildman–Crippen MR) is 81.7 cm³/mol. The smallest absolute Gasteiger partial charge is 0.251 e. The van der Waals surface area contributed by atoms with Crippen LogP contribution in [0.25, 0.3) is 16.7 Å². The van der Waals surface area contributed by atoms with Crippen LogP contribution in [0.2, 0.25) is 0 Å². The minimum atomic E-state index is -0.140. The summed E-state index contributed by atoms with van der Waals surface area (Å²) in [6.07, 6.45) is 3.42. The summed E-state index contributed by atoms with van der Waals surface area (Å²) in [4.78, 5) is 16.5. The Balaban J connectivity index is 1.80. The molecule has 0 fully saturated rings. The normalized spacial score (nSPS) is 11.4. The van der Waals surface area contributed by atoms with Gasteiger partial charge in [-0.15, -0.1) is 10.2 Å². The van der Waals surface area contributed by atoms with Crippen LogP contribution in [0.1, 0.15) is 24.2 Å². The summed E-state index contributed by atoms with van der Waals surface area (Å²) < 4.78 is 7.21. The van der Waals surface area contributed by atoms with Crippen molar-refractivity contribution in [2.75, 3.05) is 13.2 Å². The van der Waals surface area contributed by atoms with E-state index in [0.717, 1.165) is 11.0 Å². The summed E-state index contributed by atoms with van der Waals surface area (Å²) in [7, 11) is 0. The van der Waals surface area contributed by atoms with Crippen LogP contribution in [-0.4, -0.2) is 44.7 Å². The highest BCUT2D eigenvalue weighted by atomic mass is 16.5. The Bertz CT molecular complexity index is 812. The van der Waals surface area contributed by atoms with Crippen molar-refractivity contribution in [1.82, 2.24) is 24.9 Å². The molecule has 7 heteroatoms. The minimum absolute atomic E-state index is 0.140. The molecule has 0 saturated heterocycles. The fraction of sp³-hybridized carbons (Fsp3) is 0.333. The van der Waals surface area contributed by atoms with Gasteiger partial charge in [0.2, 0.25) is 0 Å². The van der Waals surface area contributed by atoms with Crippen LogP contribution in [-0.2, 0) is 4.74 Å². The molecule has 0 aliphatic carbocycles. The highest BCUT2D eigenvalue weighted by Crippen LogP contribution is 2.15. The molecule has 2 aromatic heterocycles. The van der Waals surface area contributed by atoms with Gasteiger partial charge in [-0.1, -0.05) is 0 Å². The number of aromatic nitrogens is 4. The molecule has 0 atom stereocenters. The van der Waals surface area contributed by atoms with Gasteiger partial charge in [0.25, 0.3) is 5.91 Å². The van der Waals surface area contributed by atoms with Crippen molar-refractivity contribution in [3.8, 4) is 0 Å². The summed E-state index contributed by atoms with van der Waals surface area (Å²) in [6, 6.07) is 5.36. The second-order valence-electron chi connectivity index (χ2n) is 5.20. The van der Waals surface area contributed by atoms with Gasteiger partial charge >= 0.3 is 0 Å². The molecule has 1 N–H and O–H groups in total. The van der Waals surface area contributed by atoms with Crippen LogP contribution in [0.4, 0.5) is 0 Å². The number of ether oxygens (including phenoxy) is 1. The number of benzene rings is 1. The molecule has 0 aliphatic heterocycles. The second kappa shape index (κ2) is 6.07. The van der Waals surface area contributed by atoms with Crippen molar-refractivity contribution in [3.05, 3.63) is 36.3 Å². The maximum absolute atomic E-state index is 12.2. The van der Waals surface area contributed by atoms with Crippen molar-refractivity contribution in [3.63, 3.8) is 0 Å². The van der Waals surface area contributed by atoms with Gasteiger partial charge in [-0.25, -0.2) is 0 Å². The molecule has 0 saturated carbocycles. The maximum Gasteiger partial charge on any atom is 0.251 e. The van der Waals surface area contributed by atoms with Gasteiger partial charge in [0.1, 0.15) is 6.33 Å². The lowest BCUT2D eigenvalue weighted by atomic mass is 10.2. The first-order chi connectivity index (χ1) is 10.6. The number of fused-ring (bicyclic) bond motifs is 3. The number of carbonyl (C=O) groups excluding carboxylic acids is 1. The third-order valence-electron chi connectivity index (χ3n) is 3.23. The second-order valence-corrected chi connectivity index (χ2v) is 5.20. The van der Waals surface area contributed by atoms with Gasteiger partial charge in [-0.3, -0.25) is 14.2 Å². The number of carbonyl (C=O) groups is 1. The van der Waals surface area contributed by atoms with Crippen molar-refractivity contribution >= 4 is 22.6 Å².